The highest BCUT2D eigenvalue weighted by Gasteiger charge is 2.25. The van der Waals surface area contributed by atoms with E-state index in [1.165, 1.54) is 0 Å². The van der Waals surface area contributed by atoms with Gasteiger partial charge in [0.05, 0.1) is 12.7 Å². The number of nitrogen functional groups attached to an aromatic ring is 1. The fourth-order valence-electron chi connectivity index (χ4n) is 3.05. The third kappa shape index (κ3) is 5.48. The normalized spacial score (nSPS) is 11.8. The second kappa shape index (κ2) is 9.88. The number of nitrogens with one attached hydrogen (secondary N) is 2. The Balaban J connectivity index is 2.08. The van der Waals surface area contributed by atoms with Gasteiger partial charge in [0.15, 0.2) is 17.4 Å². The van der Waals surface area contributed by atoms with Gasteiger partial charge in [-0.05, 0) is 57.2 Å². The van der Waals surface area contributed by atoms with Crippen LogP contribution in [0.5, 0.6) is 11.5 Å². The Hall–Kier alpha value is -3.68. The van der Waals surface area contributed by atoms with Crippen LogP contribution in [0, 0.1) is 11.2 Å². The molecule has 0 aliphatic rings. The highest BCUT2D eigenvalue weighted by atomic mass is 19.1. The van der Waals surface area contributed by atoms with Crippen molar-refractivity contribution >= 4 is 11.5 Å². The van der Waals surface area contributed by atoms with Gasteiger partial charge in [-0.3, -0.25) is 5.41 Å². The quantitative estimate of drug-likeness (QED) is 0.350. The average Bonchev–Trinajstić information content (AvgIpc) is 2.75. The van der Waals surface area contributed by atoms with Crippen LogP contribution in [0.2, 0.25) is 0 Å². The number of benzene rings is 2. The molecule has 2 aromatic carbocycles. The first-order chi connectivity index (χ1) is 14.9. The summed E-state index contributed by atoms with van der Waals surface area (Å²) in [7, 11) is 0. The Labute approximate surface area is 181 Å². The van der Waals surface area contributed by atoms with Crippen molar-refractivity contribution in [3.8, 4) is 11.5 Å². The molecule has 3 aromatic rings. The van der Waals surface area contributed by atoms with Crippen LogP contribution in [0.25, 0.3) is 0 Å². The van der Waals surface area contributed by atoms with Gasteiger partial charge in [0.2, 0.25) is 0 Å². The van der Waals surface area contributed by atoms with E-state index in [-0.39, 0.29) is 17.7 Å². The molecule has 1 heterocycles. The third-order valence-electron chi connectivity index (χ3n) is 4.38. The number of amidine groups is 1. The van der Waals surface area contributed by atoms with Gasteiger partial charge in [-0.1, -0.05) is 0 Å². The number of nitrogens with zero attached hydrogens (tertiary/aromatic N) is 2. The number of aromatic nitrogens is 2. The Morgan fingerprint density at radius 3 is 2.42 bits per heavy atom. The summed E-state index contributed by atoms with van der Waals surface area (Å²) in [5.41, 5.74) is 7.11. The molecule has 1 unspecified atom stereocenters. The number of ether oxygens (including phenoxy) is 2. The van der Waals surface area contributed by atoms with E-state index in [0.29, 0.717) is 35.0 Å². The van der Waals surface area contributed by atoms with Crippen molar-refractivity contribution in [1.82, 2.24) is 9.97 Å². The predicted octanol–water partition coefficient (Wildman–Crippen LogP) is 4.29. The summed E-state index contributed by atoms with van der Waals surface area (Å²) in [6.07, 6.45) is 3.00. The summed E-state index contributed by atoms with van der Waals surface area (Å²) in [6.45, 7) is 5.95. The lowest BCUT2D eigenvalue weighted by Gasteiger charge is -2.22. The second-order valence-corrected chi connectivity index (χ2v) is 7.10. The molecule has 0 radical (unpaired) electrons. The summed E-state index contributed by atoms with van der Waals surface area (Å²) in [5.74, 6) is 0.443. The van der Waals surface area contributed by atoms with Crippen molar-refractivity contribution in [3.63, 3.8) is 0 Å². The third-order valence-corrected chi connectivity index (χ3v) is 4.38. The van der Waals surface area contributed by atoms with Crippen molar-refractivity contribution in [2.24, 2.45) is 5.73 Å². The van der Waals surface area contributed by atoms with Crippen molar-refractivity contribution in [1.29, 1.82) is 5.41 Å². The molecule has 4 N–H and O–H groups in total. The van der Waals surface area contributed by atoms with Crippen LogP contribution in [-0.2, 0) is 0 Å². The van der Waals surface area contributed by atoms with E-state index in [1.807, 2.05) is 20.8 Å². The van der Waals surface area contributed by atoms with Crippen LogP contribution in [0.3, 0.4) is 0 Å². The number of anilines is 1. The molecule has 8 heteroatoms. The van der Waals surface area contributed by atoms with Crippen LogP contribution in [0.4, 0.5) is 10.1 Å². The van der Waals surface area contributed by atoms with Crippen molar-refractivity contribution in [3.05, 3.63) is 77.6 Å². The maximum atomic E-state index is 15.5. The number of nitrogens with two attached hydrogens (primary N) is 1. The van der Waals surface area contributed by atoms with Gasteiger partial charge in [0.1, 0.15) is 17.6 Å². The van der Waals surface area contributed by atoms with E-state index >= 15 is 4.39 Å². The van der Waals surface area contributed by atoms with Crippen LogP contribution in [-0.4, -0.2) is 28.5 Å². The maximum absolute atomic E-state index is 15.5. The van der Waals surface area contributed by atoms with Crippen molar-refractivity contribution in [2.45, 2.75) is 32.9 Å². The molecule has 0 aliphatic heterocycles. The molecule has 0 spiro atoms. The fourth-order valence-corrected chi connectivity index (χ4v) is 3.05. The number of rotatable bonds is 9. The van der Waals surface area contributed by atoms with Gasteiger partial charge in [-0.2, -0.15) is 0 Å². The lowest BCUT2D eigenvalue weighted by molar-refractivity contribution is 0.228. The molecule has 0 saturated heterocycles. The topological polar surface area (TPSA) is 106 Å². The Morgan fingerprint density at radius 1 is 1.16 bits per heavy atom. The van der Waals surface area contributed by atoms with Gasteiger partial charge in [0.25, 0.3) is 0 Å². The molecular formula is C23H26FN5O2. The van der Waals surface area contributed by atoms with E-state index < -0.39 is 11.9 Å². The first-order valence-electron chi connectivity index (χ1n) is 9.99. The largest absolute Gasteiger partial charge is 0.494 e. The Kier molecular flexibility index (Phi) is 7.02. The zero-order chi connectivity index (χ0) is 22.4. The Bertz CT molecular complexity index is 1030. The SMILES string of the molecule is CCOc1cc(OC(C)C)c(F)c(C(Nc2ccc(C(=N)N)cc2)c2ncccn2)c1. The summed E-state index contributed by atoms with van der Waals surface area (Å²) in [4.78, 5) is 8.66. The lowest BCUT2D eigenvalue weighted by Crippen LogP contribution is -2.18. The summed E-state index contributed by atoms with van der Waals surface area (Å²) >= 11 is 0. The standard InChI is InChI=1S/C23H26FN5O2/c1-4-30-17-12-18(20(24)19(13-17)31-14(2)3)21(23-27-10-5-11-28-23)29-16-8-6-15(7-9-16)22(25)26/h5-14,21,29H,4H2,1-3H3,(H3,25,26). The monoisotopic (exact) mass is 423 g/mol. The summed E-state index contributed by atoms with van der Waals surface area (Å²) < 4.78 is 26.9. The fraction of sp³-hybridized carbons (Fsp3) is 0.261. The Morgan fingerprint density at radius 2 is 1.84 bits per heavy atom. The molecule has 0 bridgehead atoms. The molecule has 0 fully saturated rings. The molecule has 0 aliphatic carbocycles. The van der Waals surface area contributed by atoms with Gasteiger partial charge < -0.3 is 20.5 Å². The minimum atomic E-state index is -0.709. The molecular weight excluding hydrogens is 397 g/mol. The van der Waals surface area contributed by atoms with E-state index in [2.05, 4.69) is 15.3 Å². The highest BCUT2D eigenvalue weighted by Crippen LogP contribution is 2.35. The number of hydrogen-bond acceptors (Lipinski definition) is 6. The van der Waals surface area contributed by atoms with Crippen LogP contribution in [0.1, 0.15) is 43.8 Å². The first kappa shape index (κ1) is 22.0. The predicted molar refractivity (Wildman–Crippen MR) is 118 cm³/mol. The van der Waals surface area contributed by atoms with E-state index in [4.69, 9.17) is 20.6 Å². The maximum Gasteiger partial charge on any atom is 0.171 e. The molecule has 0 saturated carbocycles. The van der Waals surface area contributed by atoms with Crippen molar-refractivity contribution in [2.75, 3.05) is 11.9 Å². The lowest BCUT2D eigenvalue weighted by atomic mass is 10.0. The molecule has 162 valence electrons. The minimum Gasteiger partial charge on any atom is -0.494 e. The minimum absolute atomic E-state index is 0.0274. The van der Waals surface area contributed by atoms with Crippen LogP contribution in [0.15, 0.2) is 54.9 Å². The van der Waals surface area contributed by atoms with E-state index in [0.717, 1.165) is 0 Å². The second-order valence-electron chi connectivity index (χ2n) is 7.10. The zero-order valence-electron chi connectivity index (χ0n) is 17.7. The molecule has 7 nitrogen and oxygen atoms in total. The molecule has 31 heavy (non-hydrogen) atoms. The van der Waals surface area contributed by atoms with Gasteiger partial charge in [-0.15, -0.1) is 0 Å². The number of halogens is 1. The van der Waals surface area contributed by atoms with Crippen LogP contribution < -0.4 is 20.5 Å². The zero-order valence-corrected chi connectivity index (χ0v) is 17.7. The van der Waals surface area contributed by atoms with Gasteiger partial charge >= 0.3 is 0 Å². The number of hydrogen-bond donors (Lipinski definition) is 3. The van der Waals surface area contributed by atoms with E-state index in [1.54, 1.807) is 54.9 Å². The molecule has 1 atom stereocenters. The van der Waals surface area contributed by atoms with Gasteiger partial charge in [-0.25, -0.2) is 14.4 Å². The first-order valence-corrected chi connectivity index (χ1v) is 9.99. The molecule has 3 rings (SSSR count). The molecule has 1 aromatic heterocycles. The summed E-state index contributed by atoms with van der Waals surface area (Å²) in [6, 6.07) is 11.1. The smallest absolute Gasteiger partial charge is 0.171 e. The summed E-state index contributed by atoms with van der Waals surface area (Å²) in [5, 5.41) is 10.8. The van der Waals surface area contributed by atoms with E-state index in [9.17, 15) is 0 Å². The van der Waals surface area contributed by atoms with Crippen LogP contribution >= 0.6 is 0 Å². The van der Waals surface area contributed by atoms with Crippen molar-refractivity contribution < 1.29 is 13.9 Å². The molecule has 0 amide bonds. The highest BCUT2D eigenvalue weighted by molar-refractivity contribution is 5.95. The van der Waals surface area contributed by atoms with Gasteiger partial charge in [0, 0.05) is 35.3 Å². The average molecular weight is 423 g/mol.